The largest absolute Gasteiger partial charge is 0.312 e. The Morgan fingerprint density at radius 2 is 2.00 bits per heavy atom. The molecule has 2 saturated heterocycles. The van der Waals surface area contributed by atoms with Crippen molar-refractivity contribution in [3.63, 3.8) is 0 Å². The molecule has 80 valence electrons. The van der Waals surface area contributed by atoms with Crippen molar-refractivity contribution in [2.45, 2.75) is 38.1 Å². The lowest BCUT2D eigenvalue weighted by atomic mass is 9.85. The van der Waals surface area contributed by atoms with Crippen molar-refractivity contribution in [1.29, 1.82) is 0 Å². The second kappa shape index (κ2) is 3.82. The maximum atomic E-state index is 3.68. The molecule has 2 heteroatoms. The van der Waals surface area contributed by atoms with E-state index in [9.17, 15) is 0 Å². The van der Waals surface area contributed by atoms with Gasteiger partial charge >= 0.3 is 0 Å². The Labute approximate surface area is 87.0 Å². The first-order valence-electron chi connectivity index (χ1n) is 6.37. The first-order chi connectivity index (χ1) is 6.92. The van der Waals surface area contributed by atoms with Gasteiger partial charge in [0.1, 0.15) is 0 Å². The van der Waals surface area contributed by atoms with E-state index < -0.39 is 0 Å². The quantitative estimate of drug-likeness (QED) is 0.716. The minimum atomic E-state index is 0.837. The minimum Gasteiger partial charge on any atom is -0.312 e. The van der Waals surface area contributed by atoms with Gasteiger partial charge < -0.3 is 10.2 Å². The fourth-order valence-electron chi connectivity index (χ4n) is 3.33. The van der Waals surface area contributed by atoms with Gasteiger partial charge in [-0.05, 0) is 44.1 Å². The molecule has 0 aromatic carbocycles. The summed E-state index contributed by atoms with van der Waals surface area (Å²) in [7, 11) is 0. The molecule has 2 nitrogen and oxygen atoms in total. The second-order valence-electron chi connectivity index (χ2n) is 5.48. The predicted octanol–water partition coefficient (Wildman–Crippen LogP) is 1.47. The van der Waals surface area contributed by atoms with Crippen LogP contribution in [-0.2, 0) is 0 Å². The van der Waals surface area contributed by atoms with Crippen molar-refractivity contribution in [2.24, 2.45) is 11.8 Å². The van der Waals surface area contributed by atoms with E-state index in [0.29, 0.717) is 0 Å². The highest BCUT2D eigenvalue weighted by Crippen LogP contribution is 2.31. The van der Waals surface area contributed by atoms with Gasteiger partial charge in [-0.15, -0.1) is 0 Å². The zero-order valence-electron chi connectivity index (χ0n) is 9.04. The molecule has 0 bridgehead atoms. The summed E-state index contributed by atoms with van der Waals surface area (Å²) in [4.78, 5) is 2.72. The lowest BCUT2D eigenvalue weighted by molar-refractivity contribution is 0.200. The molecule has 0 spiro atoms. The van der Waals surface area contributed by atoms with E-state index >= 15 is 0 Å². The maximum absolute atomic E-state index is 3.68. The molecule has 2 aliphatic heterocycles. The normalized spacial score (nSPS) is 39.4. The number of hydrogen-bond donors (Lipinski definition) is 1. The van der Waals surface area contributed by atoms with Gasteiger partial charge in [0.15, 0.2) is 0 Å². The molecule has 3 aliphatic rings. The number of piperidine rings is 1. The van der Waals surface area contributed by atoms with E-state index in [2.05, 4.69) is 10.2 Å². The molecule has 2 atom stereocenters. The first-order valence-corrected chi connectivity index (χ1v) is 6.37. The number of hydrogen-bond acceptors (Lipinski definition) is 2. The number of likely N-dealkylation sites (tertiary alicyclic amines) is 1. The Balaban J connectivity index is 1.52. The maximum Gasteiger partial charge on any atom is 0.0235 e. The third kappa shape index (κ3) is 1.70. The average Bonchev–Trinajstić information content (AvgIpc) is 2.53. The van der Waals surface area contributed by atoms with Gasteiger partial charge in [-0.2, -0.15) is 0 Å². The van der Waals surface area contributed by atoms with Crippen LogP contribution in [0.15, 0.2) is 0 Å². The summed E-state index contributed by atoms with van der Waals surface area (Å²) in [6.45, 7) is 5.38. The molecule has 0 radical (unpaired) electrons. The zero-order valence-corrected chi connectivity index (χ0v) is 9.04. The summed E-state index contributed by atoms with van der Waals surface area (Å²) >= 11 is 0. The van der Waals surface area contributed by atoms with Crippen LogP contribution in [-0.4, -0.2) is 37.1 Å². The standard InChI is InChI=1S/C12H22N2/c1-3-10(4-1)7-14-8-11-5-2-6-13-12(11)9-14/h10-13H,1-9H2. The zero-order chi connectivity index (χ0) is 9.38. The van der Waals surface area contributed by atoms with Gasteiger partial charge in [-0.1, -0.05) is 6.42 Å². The number of nitrogens with zero attached hydrogens (tertiary/aromatic N) is 1. The van der Waals surface area contributed by atoms with Crippen LogP contribution < -0.4 is 5.32 Å². The van der Waals surface area contributed by atoms with Crippen molar-refractivity contribution in [2.75, 3.05) is 26.2 Å². The van der Waals surface area contributed by atoms with E-state index in [1.807, 2.05) is 0 Å². The van der Waals surface area contributed by atoms with Gasteiger partial charge in [0.25, 0.3) is 0 Å². The summed E-state index contributed by atoms with van der Waals surface area (Å²) in [5.74, 6) is 2.03. The van der Waals surface area contributed by atoms with Crippen LogP contribution in [0.2, 0.25) is 0 Å². The van der Waals surface area contributed by atoms with Crippen molar-refractivity contribution in [3.05, 3.63) is 0 Å². The number of fused-ring (bicyclic) bond motifs is 1. The van der Waals surface area contributed by atoms with Crippen LogP contribution in [0.4, 0.5) is 0 Å². The highest BCUT2D eigenvalue weighted by Gasteiger charge is 2.35. The molecular formula is C12H22N2. The molecule has 1 saturated carbocycles. The van der Waals surface area contributed by atoms with Crippen molar-refractivity contribution >= 4 is 0 Å². The van der Waals surface area contributed by atoms with Gasteiger partial charge in [-0.25, -0.2) is 0 Å². The fraction of sp³-hybridized carbons (Fsp3) is 1.00. The second-order valence-corrected chi connectivity index (χ2v) is 5.48. The molecule has 1 aliphatic carbocycles. The Hall–Kier alpha value is -0.0800. The summed E-state index contributed by atoms with van der Waals surface area (Å²) in [5, 5.41) is 3.68. The number of nitrogens with one attached hydrogen (secondary N) is 1. The van der Waals surface area contributed by atoms with Crippen LogP contribution in [0.25, 0.3) is 0 Å². The Kier molecular flexibility index (Phi) is 2.50. The smallest absolute Gasteiger partial charge is 0.0235 e. The minimum absolute atomic E-state index is 0.837. The summed E-state index contributed by atoms with van der Waals surface area (Å²) in [6.07, 6.45) is 7.36. The van der Waals surface area contributed by atoms with Gasteiger partial charge in [0.05, 0.1) is 0 Å². The molecule has 0 aromatic heterocycles. The third-order valence-corrected chi connectivity index (χ3v) is 4.42. The summed E-state index contributed by atoms with van der Waals surface area (Å²) < 4.78 is 0. The summed E-state index contributed by atoms with van der Waals surface area (Å²) in [5.41, 5.74) is 0. The molecular weight excluding hydrogens is 172 g/mol. The van der Waals surface area contributed by atoms with E-state index in [1.54, 1.807) is 0 Å². The molecule has 1 N–H and O–H groups in total. The van der Waals surface area contributed by atoms with Gasteiger partial charge in [-0.3, -0.25) is 0 Å². The van der Waals surface area contributed by atoms with E-state index in [1.165, 1.54) is 58.3 Å². The molecule has 3 rings (SSSR count). The van der Waals surface area contributed by atoms with Crippen molar-refractivity contribution in [1.82, 2.24) is 10.2 Å². The van der Waals surface area contributed by atoms with Crippen molar-refractivity contribution < 1.29 is 0 Å². The topological polar surface area (TPSA) is 15.3 Å². The fourth-order valence-corrected chi connectivity index (χ4v) is 3.33. The van der Waals surface area contributed by atoms with E-state index in [4.69, 9.17) is 0 Å². The monoisotopic (exact) mass is 194 g/mol. The summed E-state index contributed by atoms with van der Waals surface area (Å²) in [6, 6.07) is 0.837. The van der Waals surface area contributed by atoms with Gasteiger partial charge in [0.2, 0.25) is 0 Å². The van der Waals surface area contributed by atoms with Crippen LogP contribution in [0.3, 0.4) is 0 Å². The molecule has 3 fully saturated rings. The van der Waals surface area contributed by atoms with E-state index in [0.717, 1.165) is 17.9 Å². The molecule has 2 unspecified atom stereocenters. The molecule has 0 amide bonds. The highest BCUT2D eigenvalue weighted by molar-refractivity contribution is 4.92. The lowest BCUT2D eigenvalue weighted by Gasteiger charge is -2.30. The van der Waals surface area contributed by atoms with Gasteiger partial charge in [0, 0.05) is 25.7 Å². The Bertz CT molecular complexity index is 186. The van der Waals surface area contributed by atoms with Crippen LogP contribution in [0, 0.1) is 11.8 Å². The van der Waals surface area contributed by atoms with Crippen molar-refractivity contribution in [3.8, 4) is 0 Å². The average molecular weight is 194 g/mol. The van der Waals surface area contributed by atoms with E-state index in [-0.39, 0.29) is 0 Å². The third-order valence-electron chi connectivity index (χ3n) is 4.42. The SMILES string of the molecule is C1CC(CN2CC3CCCNC3C2)C1. The Morgan fingerprint density at radius 3 is 2.71 bits per heavy atom. The number of rotatable bonds is 2. The van der Waals surface area contributed by atoms with Crippen LogP contribution in [0.5, 0.6) is 0 Å². The molecule has 14 heavy (non-hydrogen) atoms. The highest BCUT2D eigenvalue weighted by atomic mass is 15.2. The predicted molar refractivity (Wildman–Crippen MR) is 58.3 cm³/mol. The Morgan fingerprint density at radius 1 is 1.07 bits per heavy atom. The van der Waals surface area contributed by atoms with Crippen LogP contribution >= 0.6 is 0 Å². The van der Waals surface area contributed by atoms with Crippen LogP contribution in [0.1, 0.15) is 32.1 Å². The molecule has 0 aromatic rings. The lowest BCUT2D eigenvalue weighted by Crippen LogP contribution is -2.41. The first kappa shape index (κ1) is 9.17. The molecule has 2 heterocycles.